The van der Waals surface area contributed by atoms with Gasteiger partial charge in [0.05, 0.1) is 12.0 Å². The highest BCUT2D eigenvalue weighted by atomic mass is 28.4. The number of ether oxygens (including phenoxy) is 5. The summed E-state index contributed by atoms with van der Waals surface area (Å²) in [5, 5.41) is 0.0623. The molecular formula is C26H44O7Si. The van der Waals surface area contributed by atoms with E-state index in [0.29, 0.717) is 13.2 Å². The van der Waals surface area contributed by atoms with Crippen LogP contribution in [0.3, 0.4) is 0 Å². The molecule has 1 aliphatic heterocycles. The molecule has 1 aliphatic rings. The maximum atomic E-state index is 12.4. The Morgan fingerprint density at radius 2 is 1.65 bits per heavy atom. The van der Waals surface area contributed by atoms with Crippen LogP contribution in [0.4, 0.5) is 0 Å². The summed E-state index contributed by atoms with van der Waals surface area (Å²) in [6.45, 7) is 17.6. The third kappa shape index (κ3) is 8.14. The van der Waals surface area contributed by atoms with Gasteiger partial charge in [0.15, 0.2) is 14.6 Å². The molecule has 194 valence electrons. The molecule has 1 aromatic carbocycles. The van der Waals surface area contributed by atoms with E-state index in [1.165, 1.54) is 0 Å². The third-order valence-electron chi connectivity index (χ3n) is 6.55. The van der Waals surface area contributed by atoms with Crippen molar-refractivity contribution in [3.8, 4) is 0 Å². The normalized spacial score (nSPS) is 23.8. The topological polar surface area (TPSA) is 72.5 Å². The summed E-state index contributed by atoms with van der Waals surface area (Å²) in [4.78, 5) is 12.4. The number of methoxy groups -OCH3 is 1. The second kappa shape index (κ2) is 12.1. The predicted octanol–water partition coefficient (Wildman–Crippen LogP) is 5.14. The molecule has 0 N–H and O–H groups in total. The van der Waals surface area contributed by atoms with Gasteiger partial charge in [-0.1, -0.05) is 51.1 Å². The van der Waals surface area contributed by atoms with Crippen LogP contribution >= 0.6 is 0 Å². The third-order valence-corrected chi connectivity index (χ3v) is 11.0. The van der Waals surface area contributed by atoms with Crippen molar-refractivity contribution in [2.45, 2.75) is 84.8 Å². The second-order valence-corrected chi connectivity index (χ2v) is 16.3. The van der Waals surface area contributed by atoms with Gasteiger partial charge < -0.3 is 28.1 Å². The molecule has 1 heterocycles. The van der Waals surface area contributed by atoms with Gasteiger partial charge >= 0.3 is 5.97 Å². The number of benzene rings is 1. The Balaban J connectivity index is 2.20. The first-order chi connectivity index (χ1) is 15.8. The summed E-state index contributed by atoms with van der Waals surface area (Å²) < 4.78 is 35.8. The highest BCUT2D eigenvalue weighted by Crippen LogP contribution is 2.39. The molecule has 0 aliphatic carbocycles. The summed E-state index contributed by atoms with van der Waals surface area (Å²) >= 11 is 0. The Kier molecular flexibility index (Phi) is 10.3. The van der Waals surface area contributed by atoms with Crippen molar-refractivity contribution in [2.24, 2.45) is 11.3 Å². The van der Waals surface area contributed by atoms with Crippen LogP contribution in [0.2, 0.25) is 18.1 Å². The molecule has 8 heteroatoms. The molecule has 0 spiro atoms. The Bertz CT molecular complexity index is 755. The van der Waals surface area contributed by atoms with E-state index in [-0.39, 0.29) is 30.3 Å². The molecule has 1 fully saturated rings. The van der Waals surface area contributed by atoms with Gasteiger partial charge in [-0.25, -0.2) is 0 Å². The lowest BCUT2D eigenvalue weighted by Crippen LogP contribution is -2.45. The van der Waals surface area contributed by atoms with E-state index < -0.39 is 32.2 Å². The predicted molar refractivity (Wildman–Crippen MR) is 134 cm³/mol. The standard InChI is InChI=1S/C26H44O7Si/c1-25(2,3)24(27)30-17-21-20(16-32-34(8,9)26(4,5)6)22(31-18-28-7)23(33-21)29-15-19-13-11-10-12-14-19/h10-14,20-23H,15-18H2,1-9H3/t20-,21+,22-,23+/m0/s1. The molecule has 0 radical (unpaired) electrons. The second-order valence-electron chi connectivity index (χ2n) is 11.5. The van der Waals surface area contributed by atoms with Crippen LogP contribution in [0.15, 0.2) is 30.3 Å². The molecular weight excluding hydrogens is 452 g/mol. The van der Waals surface area contributed by atoms with Crippen LogP contribution in [-0.4, -0.2) is 59.9 Å². The average molecular weight is 497 g/mol. The van der Waals surface area contributed by atoms with Crippen LogP contribution in [0.25, 0.3) is 0 Å². The van der Waals surface area contributed by atoms with Gasteiger partial charge in [0.25, 0.3) is 0 Å². The number of hydrogen-bond acceptors (Lipinski definition) is 7. The van der Waals surface area contributed by atoms with Crippen molar-refractivity contribution in [1.82, 2.24) is 0 Å². The first-order valence-corrected chi connectivity index (χ1v) is 14.9. The number of carbonyl (C=O) groups excluding carboxylic acids is 1. The molecule has 4 atom stereocenters. The average Bonchev–Trinajstić information content (AvgIpc) is 3.08. The molecule has 0 bridgehead atoms. The van der Waals surface area contributed by atoms with Gasteiger partial charge in [-0.3, -0.25) is 4.79 Å². The lowest BCUT2D eigenvalue weighted by atomic mass is 9.97. The van der Waals surface area contributed by atoms with Crippen molar-refractivity contribution in [1.29, 1.82) is 0 Å². The fourth-order valence-electron chi connectivity index (χ4n) is 3.26. The van der Waals surface area contributed by atoms with Crippen LogP contribution in [0, 0.1) is 11.3 Å². The fourth-order valence-corrected chi connectivity index (χ4v) is 4.30. The molecule has 2 rings (SSSR count). The summed E-state index contributed by atoms with van der Waals surface area (Å²) in [5.41, 5.74) is 0.439. The zero-order chi connectivity index (χ0) is 25.6. The molecule has 7 nitrogen and oxygen atoms in total. The van der Waals surface area contributed by atoms with Crippen LogP contribution in [0.5, 0.6) is 0 Å². The molecule has 34 heavy (non-hydrogen) atoms. The van der Waals surface area contributed by atoms with Crippen molar-refractivity contribution >= 4 is 14.3 Å². The van der Waals surface area contributed by atoms with Crippen molar-refractivity contribution in [3.63, 3.8) is 0 Å². The minimum absolute atomic E-state index is 0.0623. The van der Waals surface area contributed by atoms with Gasteiger partial charge in [0.1, 0.15) is 25.6 Å². The zero-order valence-corrected chi connectivity index (χ0v) is 23.4. The summed E-state index contributed by atoms with van der Waals surface area (Å²) in [5.74, 6) is -0.457. The van der Waals surface area contributed by atoms with E-state index >= 15 is 0 Å². The number of hydrogen-bond donors (Lipinski definition) is 0. The largest absolute Gasteiger partial charge is 0.463 e. The van der Waals surface area contributed by atoms with Gasteiger partial charge in [-0.2, -0.15) is 0 Å². The number of carbonyl (C=O) groups is 1. The maximum absolute atomic E-state index is 12.4. The Morgan fingerprint density at radius 1 is 1.00 bits per heavy atom. The van der Waals surface area contributed by atoms with Crippen LogP contribution in [-0.2, 0) is 39.5 Å². The number of rotatable bonds is 11. The SMILES string of the molecule is COCO[C@@H]1[C@H](OCc2ccccc2)O[C@H](COC(=O)C(C)(C)C)[C@@H]1CO[Si](C)(C)C(C)(C)C. The molecule has 1 saturated heterocycles. The quantitative estimate of drug-likeness (QED) is 0.238. The van der Waals surface area contributed by atoms with Gasteiger partial charge in [0, 0.05) is 19.6 Å². The molecule has 1 aromatic rings. The molecule has 0 saturated carbocycles. The lowest BCUT2D eigenvalue weighted by molar-refractivity contribution is -0.203. The fraction of sp³-hybridized carbons (Fsp3) is 0.731. The monoisotopic (exact) mass is 496 g/mol. The summed E-state index contributed by atoms with van der Waals surface area (Å²) in [7, 11) is -0.439. The Morgan fingerprint density at radius 3 is 2.21 bits per heavy atom. The van der Waals surface area contributed by atoms with E-state index in [4.69, 9.17) is 28.1 Å². The highest BCUT2D eigenvalue weighted by Gasteiger charge is 2.48. The smallest absolute Gasteiger partial charge is 0.311 e. The first-order valence-electron chi connectivity index (χ1n) is 12.0. The highest BCUT2D eigenvalue weighted by molar-refractivity contribution is 6.74. The Labute approximate surface area is 206 Å². The van der Waals surface area contributed by atoms with Crippen LogP contribution < -0.4 is 0 Å². The maximum Gasteiger partial charge on any atom is 0.311 e. The van der Waals surface area contributed by atoms with E-state index in [1.54, 1.807) is 7.11 Å². The number of esters is 1. The van der Waals surface area contributed by atoms with Crippen molar-refractivity contribution < 1.29 is 32.9 Å². The summed E-state index contributed by atoms with van der Waals surface area (Å²) in [6.07, 6.45) is -1.48. The van der Waals surface area contributed by atoms with Gasteiger partial charge in [-0.15, -0.1) is 0 Å². The van der Waals surface area contributed by atoms with E-state index in [1.807, 2.05) is 51.1 Å². The summed E-state index contributed by atoms with van der Waals surface area (Å²) in [6, 6.07) is 9.91. The zero-order valence-electron chi connectivity index (χ0n) is 22.4. The van der Waals surface area contributed by atoms with Crippen molar-refractivity contribution in [2.75, 3.05) is 27.1 Å². The van der Waals surface area contributed by atoms with Crippen molar-refractivity contribution in [3.05, 3.63) is 35.9 Å². The van der Waals surface area contributed by atoms with E-state index in [2.05, 4.69) is 33.9 Å². The lowest BCUT2D eigenvalue weighted by Gasteiger charge is -2.38. The minimum Gasteiger partial charge on any atom is -0.463 e. The van der Waals surface area contributed by atoms with E-state index in [0.717, 1.165) is 5.56 Å². The molecule has 0 aromatic heterocycles. The minimum atomic E-state index is -2.02. The van der Waals surface area contributed by atoms with Crippen LogP contribution in [0.1, 0.15) is 47.1 Å². The molecule has 0 amide bonds. The molecule has 0 unspecified atom stereocenters. The van der Waals surface area contributed by atoms with Gasteiger partial charge in [0.2, 0.25) is 0 Å². The first kappa shape index (κ1) is 28.9. The van der Waals surface area contributed by atoms with E-state index in [9.17, 15) is 4.79 Å². The van der Waals surface area contributed by atoms with Gasteiger partial charge in [-0.05, 0) is 44.5 Å². The Hall–Kier alpha value is -1.29.